The number of amides is 2. The lowest BCUT2D eigenvalue weighted by Gasteiger charge is -2.33. The number of carbonyl (C=O) groups is 2. The summed E-state index contributed by atoms with van der Waals surface area (Å²) in [6.07, 6.45) is 4.88. The predicted molar refractivity (Wildman–Crippen MR) is 165 cm³/mol. The molecule has 1 aliphatic carbocycles. The standard InChI is InChI=1S/C32H37ClFN3O5S/c1-22-9-16-28(17-10-22)43(40,41)37(29-19-25(33)13-18-30(29)42-3)21-31(38)36(20-24-11-14-26(34)15-12-24)23(2)32(39)35-27-7-5-4-6-8-27/h9-19,23,27H,4-8,20-21H2,1-3H3,(H,35,39)/t23-/m0/s1. The van der Waals surface area contributed by atoms with Crippen molar-refractivity contribution in [3.63, 3.8) is 0 Å². The molecule has 8 nitrogen and oxygen atoms in total. The van der Waals surface area contributed by atoms with Gasteiger partial charge in [0.2, 0.25) is 11.8 Å². The normalized spacial score (nSPS) is 14.5. The Morgan fingerprint density at radius 1 is 1.02 bits per heavy atom. The molecule has 0 radical (unpaired) electrons. The Labute approximate surface area is 257 Å². The molecule has 1 saturated carbocycles. The first-order chi connectivity index (χ1) is 20.5. The Morgan fingerprint density at radius 3 is 2.30 bits per heavy atom. The van der Waals surface area contributed by atoms with Crippen LogP contribution in [-0.2, 0) is 26.2 Å². The van der Waals surface area contributed by atoms with Crippen LogP contribution in [0.5, 0.6) is 5.75 Å². The maximum Gasteiger partial charge on any atom is 0.264 e. The highest BCUT2D eigenvalue weighted by Gasteiger charge is 2.34. The SMILES string of the molecule is COc1ccc(Cl)cc1N(CC(=O)N(Cc1ccc(F)cc1)[C@@H](C)C(=O)NC1CCCCC1)S(=O)(=O)c1ccc(C)cc1. The van der Waals surface area contributed by atoms with Gasteiger partial charge in [-0.1, -0.05) is 60.7 Å². The lowest BCUT2D eigenvalue weighted by Crippen LogP contribution is -2.53. The first-order valence-electron chi connectivity index (χ1n) is 14.3. The summed E-state index contributed by atoms with van der Waals surface area (Å²) in [4.78, 5) is 28.9. The number of halogens is 2. The van der Waals surface area contributed by atoms with Crippen molar-refractivity contribution < 1.29 is 27.1 Å². The predicted octanol–water partition coefficient (Wildman–Crippen LogP) is 5.86. The molecule has 0 aromatic heterocycles. The summed E-state index contributed by atoms with van der Waals surface area (Å²) in [7, 11) is -2.91. The number of anilines is 1. The van der Waals surface area contributed by atoms with Gasteiger partial charge in [-0.25, -0.2) is 12.8 Å². The van der Waals surface area contributed by atoms with Crippen molar-refractivity contribution in [2.24, 2.45) is 0 Å². The minimum Gasteiger partial charge on any atom is -0.495 e. The van der Waals surface area contributed by atoms with Crippen molar-refractivity contribution in [2.45, 2.75) is 69.5 Å². The number of hydrogen-bond acceptors (Lipinski definition) is 5. The van der Waals surface area contributed by atoms with Crippen LogP contribution in [-0.4, -0.2) is 50.9 Å². The Hall–Kier alpha value is -3.63. The maximum absolute atomic E-state index is 14.1. The van der Waals surface area contributed by atoms with E-state index < -0.39 is 34.3 Å². The first kappa shape index (κ1) is 32.3. The van der Waals surface area contributed by atoms with Crippen LogP contribution in [0, 0.1) is 12.7 Å². The summed E-state index contributed by atoms with van der Waals surface area (Å²) in [5, 5.41) is 3.30. The van der Waals surface area contributed by atoms with Crippen LogP contribution in [0.4, 0.5) is 10.1 Å². The van der Waals surface area contributed by atoms with Crippen LogP contribution in [0.15, 0.2) is 71.6 Å². The van der Waals surface area contributed by atoms with Gasteiger partial charge in [0.25, 0.3) is 10.0 Å². The summed E-state index contributed by atoms with van der Waals surface area (Å²) < 4.78 is 48.2. The highest BCUT2D eigenvalue weighted by Crippen LogP contribution is 2.35. The lowest BCUT2D eigenvalue weighted by atomic mass is 9.95. The summed E-state index contributed by atoms with van der Waals surface area (Å²) in [6.45, 7) is 2.77. The summed E-state index contributed by atoms with van der Waals surface area (Å²) in [5.41, 5.74) is 1.52. The second-order valence-electron chi connectivity index (χ2n) is 10.8. The molecule has 4 rings (SSSR count). The topological polar surface area (TPSA) is 96.0 Å². The zero-order chi connectivity index (χ0) is 31.1. The van der Waals surface area contributed by atoms with Gasteiger partial charge in [0.1, 0.15) is 24.2 Å². The van der Waals surface area contributed by atoms with E-state index >= 15 is 0 Å². The zero-order valence-electron chi connectivity index (χ0n) is 24.6. The van der Waals surface area contributed by atoms with Crippen LogP contribution < -0.4 is 14.4 Å². The number of ether oxygens (including phenoxy) is 1. The minimum absolute atomic E-state index is 0.0145. The van der Waals surface area contributed by atoms with Crippen LogP contribution in [0.3, 0.4) is 0 Å². The number of carbonyl (C=O) groups excluding carboxylic acids is 2. The van der Waals surface area contributed by atoms with Gasteiger partial charge in [0.05, 0.1) is 17.7 Å². The third-order valence-corrected chi connectivity index (χ3v) is 9.69. The first-order valence-corrected chi connectivity index (χ1v) is 16.1. The van der Waals surface area contributed by atoms with E-state index in [0.717, 1.165) is 42.0 Å². The second kappa shape index (κ2) is 14.2. The second-order valence-corrected chi connectivity index (χ2v) is 13.1. The van der Waals surface area contributed by atoms with Gasteiger partial charge in [-0.15, -0.1) is 0 Å². The maximum atomic E-state index is 14.1. The van der Waals surface area contributed by atoms with Gasteiger partial charge in [-0.3, -0.25) is 13.9 Å². The smallest absolute Gasteiger partial charge is 0.264 e. The lowest BCUT2D eigenvalue weighted by molar-refractivity contribution is -0.139. The molecular formula is C32H37ClFN3O5S. The quantitative estimate of drug-likeness (QED) is 0.287. The fourth-order valence-electron chi connectivity index (χ4n) is 5.15. The van der Waals surface area contributed by atoms with Gasteiger partial charge in [0, 0.05) is 17.6 Å². The number of rotatable bonds is 11. The van der Waals surface area contributed by atoms with Crippen LogP contribution in [0.1, 0.15) is 50.2 Å². The Balaban J connectivity index is 1.72. The van der Waals surface area contributed by atoms with Gasteiger partial charge in [0.15, 0.2) is 0 Å². The molecule has 0 heterocycles. The molecule has 230 valence electrons. The third kappa shape index (κ3) is 8.06. The molecule has 43 heavy (non-hydrogen) atoms. The van der Waals surface area contributed by atoms with Crippen LogP contribution in [0.2, 0.25) is 5.02 Å². The number of aryl methyl sites for hydroxylation is 1. The number of sulfonamides is 1. The molecule has 0 unspecified atom stereocenters. The van der Waals surface area contributed by atoms with E-state index in [4.69, 9.17) is 16.3 Å². The summed E-state index contributed by atoms with van der Waals surface area (Å²) >= 11 is 6.28. The molecule has 0 bridgehead atoms. The van der Waals surface area contributed by atoms with Crippen molar-refractivity contribution in [3.8, 4) is 5.75 Å². The molecule has 3 aromatic carbocycles. The summed E-state index contributed by atoms with van der Waals surface area (Å²) in [6, 6.07) is 15.5. The zero-order valence-corrected chi connectivity index (χ0v) is 26.1. The Kier molecular flexibility index (Phi) is 10.7. The molecule has 1 atom stereocenters. The Morgan fingerprint density at radius 2 is 1.67 bits per heavy atom. The molecule has 0 aliphatic heterocycles. The molecule has 0 saturated heterocycles. The van der Waals surface area contributed by atoms with Gasteiger partial charge in [-0.2, -0.15) is 0 Å². The molecule has 1 fully saturated rings. The van der Waals surface area contributed by atoms with E-state index in [-0.39, 0.29) is 39.8 Å². The fraction of sp³-hybridized carbons (Fsp3) is 0.375. The minimum atomic E-state index is -4.30. The van der Waals surface area contributed by atoms with Crippen molar-refractivity contribution in [3.05, 3.63) is 88.7 Å². The molecule has 0 spiro atoms. The Bertz CT molecular complexity index is 1530. The summed E-state index contributed by atoms with van der Waals surface area (Å²) in [5.74, 6) is -1.21. The monoisotopic (exact) mass is 629 g/mol. The largest absolute Gasteiger partial charge is 0.495 e. The molecule has 1 N–H and O–H groups in total. The van der Waals surface area contributed by atoms with E-state index in [0.29, 0.717) is 5.56 Å². The average Bonchev–Trinajstić information content (AvgIpc) is 2.99. The number of nitrogens with one attached hydrogen (secondary N) is 1. The molecule has 1 aliphatic rings. The van der Waals surface area contributed by atoms with Gasteiger partial charge >= 0.3 is 0 Å². The van der Waals surface area contributed by atoms with Crippen molar-refractivity contribution >= 4 is 39.1 Å². The average molecular weight is 630 g/mol. The van der Waals surface area contributed by atoms with Crippen LogP contribution in [0.25, 0.3) is 0 Å². The fourth-order valence-corrected chi connectivity index (χ4v) is 6.73. The van der Waals surface area contributed by atoms with Crippen molar-refractivity contribution in [2.75, 3.05) is 18.0 Å². The van der Waals surface area contributed by atoms with E-state index in [1.54, 1.807) is 25.1 Å². The number of methoxy groups -OCH3 is 1. The van der Waals surface area contributed by atoms with Crippen molar-refractivity contribution in [1.82, 2.24) is 10.2 Å². The van der Waals surface area contributed by atoms with E-state index in [2.05, 4.69) is 5.32 Å². The molecule has 3 aromatic rings. The number of hydrogen-bond donors (Lipinski definition) is 1. The third-order valence-electron chi connectivity index (χ3n) is 7.68. The van der Waals surface area contributed by atoms with E-state index in [1.165, 1.54) is 60.5 Å². The van der Waals surface area contributed by atoms with E-state index in [1.807, 2.05) is 6.92 Å². The highest BCUT2D eigenvalue weighted by molar-refractivity contribution is 7.92. The highest BCUT2D eigenvalue weighted by atomic mass is 35.5. The van der Waals surface area contributed by atoms with Gasteiger partial charge in [-0.05, 0) is 74.7 Å². The molecular weight excluding hydrogens is 593 g/mol. The van der Waals surface area contributed by atoms with Crippen LogP contribution >= 0.6 is 11.6 Å². The van der Waals surface area contributed by atoms with E-state index in [9.17, 15) is 22.4 Å². The number of benzene rings is 3. The van der Waals surface area contributed by atoms with Crippen molar-refractivity contribution in [1.29, 1.82) is 0 Å². The molecule has 2 amide bonds. The van der Waals surface area contributed by atoms with Gasteiger partial charge < -0.3 is 15.0 Å². The number of nitrogens with zero attached hydrogens (tertiary/aromatic N) is 2. The molecule has 11 heteroatoms.